The SMILES string of the molecule is Cc1cc(-c2cc3nccnc3c(OC[C@@H]3CN(CC=O)CCO3)n2)ccc1N(C)C. The van der Waals surface area contributed by atoms with Crippen LogP contribution in [-0.2, 0) is 9.53 Å². The Morgan fingerprint density at radius 3 is 2.87 bits per heavy atom. The first-order valence-electron chi connectivity index (χ1n) is 10.4. The maximum Gasteiger partial charge on any atom is 0.242 e. The number of anilines is 1. The quantitative estimate of drug-likeness (QED) is 0.538. The average Bonchev–Trinajstić information content (AvgIpc) is 2.77. The fourth-order valence-corrected chi connectivity index (χ4v) is 3.83. The summed E-state index contributed by atoms with van der Waals surface area (Å²) in [6.07, 6.45) is 4.08. The van der Waals surface area contributed by atoms with Crippen molar-refractivity contribution < 1.29 is 14.3 Å². The van der Waals surface area contributed by atoms with Crippen molar-refractivity contribution in [3.63, 3.8) is 0 Å². The fourth-order valence-electron chi connectivity index (χ4n) is 3.83. The molecule has 1 aliphatic heterocycles. The van der Waals surface area contributed by atoms with Crippen molar-refractivity contribution in [1.82, 2.24) is 19.9 Å². The van der Waals surface area contributed by atoms with Crippen LogP contribution in [0, 0.1) is 6.92 Å². The second-order valence-corrected chi connectivity index (χ2v) is 7.86. The number of fused-ring (bicyclic) bond motifs is 1. The summed E-state index contributed by atoms with van der Waals surface area (Å²) in [6, 6.07) is 8.19. The molecule has 4 rings (SSSR count). The lowest BCUT2D eigenvalue weighted by atomic mass is 10.1. The van der Waals surface area contributed by atoms with Crippen LogP contribution in [-0.4, -0.2) is 79.2 Å². The van der Waals surface area contributed by atoms with Crippen LogP contribution in [0.1, 0.15) is 5.56 Å². The van der Waals surface area contributed by atoms with Crippen molar-refractivity contribution in [2.75, 3.05) is 51.8 Å². The van der Waals surface area contributed by atoms with Crippen molar-refractivity contribution in [2.45, 2.75) is 13.0 Å². The third-order valence-corrected chi connectivity index (χ3v) is 5.36. The molecule has 0 radical (unpaired) electrons. The Morgan fingerprint density at radius 2 is 2.10 bits per heavy atom. The first kappa shape index (κ1) is 21.1. The van der Waals surface area contributed by atoms with E-state index in [0.29, 0.717) is 37.7 Å². The number of aromatic nitrogens is 3. The molecule has 0 saturated carbocycles. The van der Waals surface area contributed by atoms with Gasteiger partial charge in [-0.2, -0.15) is 0 Å². The Hall–Kier alpha value is -3.10. The Kier molecular flexibility index (Phi) is 6.39. The molecule has 1 saturated heterocycles. The summed E-state index contributed by atoms with van der Waals surface area (Å²) in [5, 5.41) is 0. The maximum atomic E-state index is 10.8. The second-order valence-electron chi connectivity index (χ2n) is 7.86. The Balaban J connectivity index is 1.61. The van der Waals surface area contributed by atoms with Crippen molar-refractivity contribution in [2.24, 2.45) is 0 Å². The van der Waals surface area contributed by atoms with E-state index in [4.69, 9.17) is 14.5 Å². The maximum absolute atomic E-state index is 10.8. The molecular formula is C23H27N5O3. The Bertz CT molecular complexity index is 1070. The number of pyridine rings is 1. The van der Waals surface area contributed by atoms with Gasteiger partial charge in [0, 0.05) is 50.8 Å². The second kappa shape index (κ2) is 9.36. The molecule has 8 nitrogen and oxygen atoms in total. The number of aldehydes is 1. The number of hydrogen-bond donors (Lipinski definition) is 0. The molecule has 0 bridgehead atoms. The third-order valence-electron chi connectivity index (χ3n) is 5.36. The topological polar surface area (TPSA) is 80.7 Å². The number of benzene rings is 1. The van der Waals surface area contributed by atoms with Crippen LogP contribution in [0.5, 0.6) is 5.88 Å². The lowest BCUT2D eigenvalue weighted by Gasteiger charge is -2.31. The highest BCUT2D eigenvalue weighted by Crippen LogP contribution is 2.30. The molecule has 8 heteroatoms. The summed E-state index contributed by atoms with van der Waals surface area (Å²) in [6.45, 7) is 4.79. The van der Waals surface area contributed by atoms with E-state index in [1.165, 1.54) is 0 Å². The molecule has 0 unspecified atom stereocenters. The summed E-state index contributed by atoms with van der Waals surface area (Å²) in [5.41, 5.74) is 5.44. The first-order valence-corrected chi connectivity index (χ1v) is 10.4. The van der Waals surface area contributed by atoms with Gasteiger partial charge in [-0.15, -0.1) is 0 Å². The van der Waals surface area contributed by atoms with Gasteiger partial charge in [0.25, 0.3) is 0 Å². The summed E-state index contributed by atoms with van der Waals surface area (Å²) >= 11 is 0. The zero-order chi connectivity index (χ0) is 21.8. The molecule has 0 N–H and O–H groups in total. The van der Waals surface area contributed by atoms with E-state index in [1.54, 1.807) is 12.4 Å². The number of aryl methyl sites for hydroxylation is 1. The monoisotopic (exact) mass is 421 g/mol. The van der Waals surface area contributed by atoms with Gasteiger partial charge in [0.2, 0.25) is 5.88 Å². The summed E-state index contributed by atoms with van der Waals surface area (Å²) in [5.74, 6) is 0.436. The van der Waals surface area contributed by atoms with Gasteiger partial charge in [-0.05, 0) is 30.7 Å². The highest BCUT2D eigenvalue weighted by atomic mass is 16.5. The molecular weight excluding hydrogens is 394 g/mol. The highest BCUT2D eigenvalue weighted by molar-refractivity contribution is 5.83. The standard InChI is InChI=1S/C23H27N5O3/c1-16-12-17(4-5-21(16)27(2)3)19-13-20-22(25-7-6-24-20)23(26-19)31-15-18-14-28(8-10-29)9-11-30-18/h4-7,10,12-13,18H,8-9,11,14-15H2,1-3H3/t18-/m0/s1. The van der Waals surface area contributed by atoms with Crippen molar-refractivity contribution >= 4 is 23.0 Å². The third kappa shape index (κ3) is 4.81. The molecule has 0 amide bonds. The summed E-state index contributed by atoms with van der Waals surface area (Å²) in [7, 11) is 4.06. The van der Waals surface area contributed by atoms with Crippen LogP contribution in [0.25, 0.3) is 22.3 Å². The van der Waals surface area contributed by atoms with Crippen LogP contribution < -0.4 is 9.64 Å². The number of carbonyl (C=O) groups is 1. The minimum absolute atomic E-state index is 0.132. The van der Waals surface area contributed by atoms with Gasteiger partial charge >= 0.3 is 0 Å². The van der Waals surface area contributed by atoms with E-state index in [1.807, 2.05) is 20.2 Å². The molecule has 0 aliphatic carbocycles. The van der Waals surface area contributed by atoms with Crippen LogP contribution in [0.2, 0.25) is 0 Å². The van der Waals surface area contributed by atoms with E-state index >= 15 is 0 Å². The van der Waals surface area contributed by atoms with Gasteiger partial charge in [0.15, 0.2) is 5.52 Å². The molecule has 0 spiro atoms. The lowest BCUT2D eigenvalue weighted by molar-refractivity contribution is -0.111. The van der Waals surface area contributed by atoms with Crippen molar-refractivity contribution in [3.05, 3.63) is 42.2 Å². The zero-order valence-corrected chi connectivity index (χ0v) is 18.1. The van der Waals surface area contributed by atoms with Gasteiger partial charge in [-0.25, -0.2) is 9.97 Å². The van der Waals surface area contributed by atoms with E-state index in [2.05, 4.69) is 44.9 Å². The molecule has 1 atom stereocenters. The average molecular weight is 422 g/mol. The van der Waals surface area contributed by atoms with Crippen molar-refractivity contribution in [3.8, 4) is 17.1 Å². The van der Waals surface area contributed by atoms with E-state index in [0.717, 1.165) is 40.9 Å². The Morgan fingerprint density at radius 1 is 1.26 bits per heavy atom. The molecule has 3 aromatic rings. The molecule has 3 heterocycles. The smallest absolute Gasteiger partial charge is 0.242 e. The van der Waals surface area contributed by atoms with Gasteiger partial charge < -0.3 is 19.2 Å². The fraction of sp³-hybridized carbons (Fsp3) is 0.391. The number of ether oxygens (including phenoxy) is 2. The minimum atomic E-state index is -0.132. The lowest BCUT2D eigenvalue weighted by Crippen LogP contribution is -2.45. The van der Waals surface area contributed by atoms with Gasteiger partial charge in [0.05, 0.1) is 24.4 Å². The van der Waals surface area contributed by atoms with E-state index < -0.39 is 0 Å². The van der Waals surface area contributed by atoms with E-state index in [9.17, 15) is 4.79 Å². The van der Waals surface area contributed by atoms with Crippen LogP contribution in [0.3, 0.4) is 0 Å². The predicted molar refractivity (Wildman–Crippen MR) is 120 cm³/mol. The normalized spacial score (nSPS) is 16.9. The van der Waals surface area contributed by atoms with Crippen molar-refractivity contribution in [1.29, 1.82) is 0 Å². The van der Waals surface area contributed by atoms with Crippen LogP contribution in [0.4, 0.5) is 5.69 Å². The number of rotatable bonds is 7. The number of carbonyl (C=O) groups excluding carboxylic acids is 1. The first-order chi connectivity index (χ1) is 15.0. The number of morpholine rings is 1. The van der Waals surface area contributed by atoms with Crippen LogP contribution in [0.15, 0.2) is 36.7 Å². The molecule has 1 aliphatic rings. The van der Waals surface area contributed by atoms with Gasteiger partial charge in [0.1, 0.15) is 19.0 Å². The number of hydrogen-bond acceptors (Lipinski definition) is 8. The predicted octanol–water partition coefficient (Wildman–Crippen LogP) is 2.34. The number of nitrogens with zero attached hydrogens (tertiary/aromatic N) is 5. The van der Waals surface area contributed by atoms with Gasteiger partial charge in [-0.1, -0.05) is 6.07 Å². The molecule has 1 fully saturated rings. The summed E-state index contributed by atoms with van der Waals surface area (Å²) < 4.78 is 11.9. The van der Waals surface area contributed by atoms with Crippen LogP contribution >= 0.6 is 0 Å². The van der Waals surface area contributed by atoms with Gasteiger partial charge in [-0.3, -0.25) is 9.88 Å². The largest absolute Gasteiger partial charge is 0.473 e. The Labute approximate surface area is 181 Å². The summed E-state index contributed by atoms with van der Waals surface area (Å²) in [4.78, 5) is 28.6. The molecule has 1 aromatic carbocycles. The molecule has 31 heavy (non-hydrogen) atoms. The molecule has 162 valence electrons. The highest BCUT2D eigenvalue weighted by Gasteiger charge is 2.22. The zero-order valence-electron chi connectivity index (χ0n) is 18.1. The molecule has 2 aromatic heterocycles. The minimum Gasteiger partial charge on any atom is -0.473 e. The van der Waals surface area contributed by atoms with E-state index in [-0.39, 0.29) is 6.10 Å².